The van der Waals surface area contributed by atoms with Crippen LogP contribution in [0.2, 0.25) is 0 Å². The number of para-hydroxylation sites is 2. The van der Waals surface area contributed by atoms with Gasteiger partial charge in [-0.25, -0.2) is 4.99 Å². The van der Waals surface area contributed by atoms with Gasteiger partial charge in [0, 0.05) is 10.9 Å². The molecular formula is C16H9BrN2O2. The molecule has 0 amide bonds. The number of halogens is 1. The first-order chi connectivity index (χ1) is 10.2. The molecule has 1 aliphatic heterocycles. The minimum atomic E-state index is -0.176. The van der Waals surface area contributed by atoms with Gasteiger partial charge >= 0.3 is 0 Å². The Morgan fingerprint density at radius 1 is 1.05 bits per heavy atom. The van der Waals surface area contributed by atoms with E-state index < -0.39 is 0 Å². The van der Waals surface area contributed by atoms with Crippen molar-refractivity contribution < 1.29 is 9.90 Å². The standard InChI is InChI=1S/C16H9BrN2O2/c17-19-12-8-4-2-6-10(12)16(21)14(19)13-15(20)9-5-1-3-7-11(9)18-13/h1-8,21H. The van der Waals surface area contributed by atoms with E-state index in [4.69, 9.17) is 0 Å². The summed E-state index contributed by atoms with van der Waals surface area (Å²) >= 11 is 3.41. The first-order valence-electron chi connectivity index (χ1n) is 6.40. The largest absolute Gasteiger partial charge is 0.505 e. The van der Waals surface area contributed by atoms with Crippen molar-refractivity contribution in [2.24, 2.45) is 4.99 Å². The van der Waals surface area contributed by atoms with Gasteiger partial charge in [0.1, 0.15) is 11.4 Å². The van der Waals surface area contributed by atoms with E-state index in [1.165, 1.54) is 0 Å². The molecule has 0 atom stereocenters. The van der Waals surface area contributed by atoms with Crippen LogP contribution < -0.4 is 0 Å². The minimum absolute atomic E-state index is 0.0578. The Kier molecular flexibility index (Phi) is 2.53. The van der Waals surface area contributed by atoms with E-state index in [2.05, 4.69) is 21.1 Å². The van der Waals surface area contributed by atoms with E-state index in [1.807, 2.05) is 24.3 Å². The van der Waals surface area contributed by atoms with Gasteiger partial charge < -0.3 is 5.11 Å². The topological polar surface area (TPSA) is 54.6 Å². The highest BCUT2D eigenvalue weighted by atomic mass is 79.9. The maximum atomic E-state index is 12.5. The molecule has 2 heterocycles. The maximum Gasteiger partial charge on any atom is 0.215 e. The molecular weight excluding hydrogens is 332 g/mol. The molecule has 1 aromatic heterocycles. The molecule has 0 spiro atoms. The lowest BCUT2D eigenvalue weighted by molar-refractivity contribution is 0.106. The molecule has 0 bridgehead atoms. The molecule has 0 unspecified atom stereocenters. The number of Topliss-reactive ketones (excluding diaryl/α,β-unsaturated/α-hetero) is 1. The molecule has 3 aromatic rings. The van der Waals surface area contributed by atoms with Gasteiger partial charge in [-0.05, 0) is 24.3 Å². The SMILES string of the molecule is O=C1C(c2c(O)c3ccccc3n2Br)=Nc2ccccc21. The van der Waals surface area contributed by atoms with Crippen LogP contribution in [0.3, 0.4) is 0 Å². The van der Waals surface area contributed by atoms with Crippen LogP contribution >= 0.6 is 16.1 Å². The van der Waals surface area contributed by atoms with Crippen molar-refractivity contribution >= 4 is 44.2 Å². The van der Waals surface area contributed by atoms with Gasteiger partial charge in [0.2, 0.25) is 5.78 Å². The molecule has 0 saturated heterocycles. The number of aromatic hydroxyl groups is 1. The fourth-order valence-electron chi connectivity index (χ4n) is 2.61. The van der Waals surface area contributed by atoms with Crippen LogP contribution in [0.15, 0.2) is 53.5 Å². The van der Waals surface area contributed by atoms with Gasteiger partial charge in [-0.15, -0.1) is 0 Å². The Labute approximate surface area is 128 Å². The van der Waals surface area contributed by atoms with Gasteiger partial charge in [0.05, 0.1) is 27.4 Å². The number of carbonyl (C=O) groups excluding carboxylic acids is 1. The first-order valence-corrected chi connectivity index (χ1v) is 7.11. The molecule has 1 N–H and O–H groups in total. The van der Waals surface area contributed by atoms with Crippen molar-refractivity contribution in [1.82, 2.24) is 3.59 Å². The van der Waals surface area contributed by atoms with Crippen molar-refractivity contribution in [3.63, 3.8) is 0 Å². The lowest BCUT2D eigenvalue weighted by atomic mass is 10.1. The van der Waals surface area contributed by atoms with Crippen molar-refractivity contribution in [2.75, 3.05) is 0 Å². The first kappa shape index (κ1) is 12.3. The summed E-state index contributed by atoms with van der Waals surface area (Å²) in [6.07, 6.45) is 0. The molecule has 0 saturated carbocycles. The summed E-state index contributed by atoms with van der Waals surface area (Å²) in [6.45, 7) is 0. The molecule has 0 fully saturated rings. The summed E-state index contributed by atoms with van der Waals surface area (Å²) in [5.41, 5.74) is 2.62. The Hall–Kier alpha value is -2.40. The number of rotatable bonds is 1. The lowest BCUT2D eigenvalue weighted by Crippen LogP contribution is -2.13. The molecule has 4 rings (SSSR count). The summed E-state index contributed by atoms with van der Waals surface area (Å²) in [4.78, 5) is 16.9. The lowest BCUT2D eigenvalue weighted by Gasteiger charge is -2.01. The van der Waals surface area contributed by atoms with Crippen LogP contribution in [0.25, 0.3) is 10.9 Å². The van der Waals surface area contributed by atoms with E-state index in [-0.39, 0.29) is 17.2 Å². The van der Waals surface area contributed by atoms with Crippen molar-refractivity contribution in [1.29, 1.82) is 0 Å². The number of carbonyl (C=O) groups is 1. The zero-order chi connectivity index (χ0) is 14.6. The fraction of sp³-hybridized carbons (Fsp3) is 0. The van der Waals surface area contributed by atoms with Crippen LogP contribution in [0.1, 0.15) is 16.1 Å². The predicted molar refractivity (Wildman–Crippen MR) is 84.9 cm³/mol. The van der Waals surface area contributed by atoms with Crippen LogP contribution in [0, 0.1) is 0 Å². The average molecular weight is 341 g/mol. The van der Waals surface area contributed by atoms with E-state index in [1.54, 1.807) is 27.9 Å². The van der Waals surface area contributed by atoms with Crippen molar-refractivity contribution in [2.45, 2.75) is 0 Å². The van der Waals surface area contributed by atoms with Gasteiger partial charge in [0.25, 0.3) is 0 Å². The highest BCUT2D eigenvalue weighted by Gasteiger charge is 2.31. The summed E-state index contributed by atoms with van der Waals surface area (Å²) in [7, 11) is 0. The van der Waals surface area contributed by atoms with Gasteiger partial charge in [0.15, 0.2) is 5.75 Å². The summed E-state index contributed by atoms with van der Waals surface area (Å²) in [5.74, 6) is -0.119. The quantitative estimate of drug-likeness (QED) is 0.732. The van der Waals surface area contributed by atoms with E-state index >= 15 is 0 Å². The number of aromatic nitrogens is 1. The average Bonchev–Trinajstić information content (AvgIpc) is 2.96. The predicted octanol–water partition coefficient (Wildman–Crippen LogP) is 3.82. The second-order valence-electron chi connectivity index (χ2n) is 4.80. The molecule has 0 radical (unpaired) electrons. The monoisotopic (exact) mass is 340 g/mol. The van der Waals surface area contributed by atoms with Gasteiger partial charge in [-0.1, -0.05) is 24.3 Å². The van der Waals surface area contributed by atoms with Crippen LogP contribution in [0.4, 0.5) is 5.69 Å². The second kappa shape index (κ2) is 4.30. The number of hydrogen-bond donors (Lipinski definition) is 1. The highest BCUT2D eigenvalue weighted by molar-refractivity contribution is 9.08. The van der Waals surface area contributed by atoms with E-state index in [0.717, 1.165) is 5.52 Å². The Morgan fingerprint density at radius 3 is 2.52 bits per heavy atom. The molecule has 102 valence electrons. The molecule has 2 aromatic carbocycles. The third-order valence-electron chi connectivity index (χ3n) is 3.61. The van der Waals surface area contributed by atoms with Crippen LogP contribution in [-0.2, 0) is 0 Å². The zero-order valence-electron chi connectivity index (χ0n) is 10.7. The van der Waals surface area contributed by atoms with E-state index in [0.29, 0.717) is 22.3 Å². The summed E-state index contributed by atoms with van der Waals surface area (Å²) in [6, 6.07) is 14.5. The number of aliphatic imine (C=N–C) groups is 1. The Balaban J connectivity index is 2.00. The highest BCUT2D eigenvalue weighted by Crippen LogP contribution is 2.37. The van der Waals surface area contributed by atoms with Crippen LogP contribution in [-0.4, -0.2) is 20.2 Å². The van der Waals surface area contributed by atoms with Crippen molar-refractivity contribution in [3.8, 4) is 5.75 Å². The summed E-state index contributed by atoms with van der Waals surface area (Å²) < 4.78 is 1.63. The minimum Gasteiger partial charge on any atom is -0.505 e. The van der Waals surface area contributed by atoms with Gasteiger partial charge in [-0.3, -0.25) is 8.39 Å². The molecule has 1 aliphatic rings. The number of nitrogens with zero attached hydrogens (tertiary/aromatic N) is 2. The fourth-order valence-corrected chi connectivity index (χ4v) is 3.26. The summed E-state index contributed by atoms with van der Waals surface area (Å²) in [5, 5.41) is 11.1. The zero-order valence-corrected chi connectivity index (χ0v) is 12.3. The number of ketones is 1. The smallest absolute Gasteiger partial charge is 0.215 e. The normalized spacial score (nSPS) is 13.6. The second-order valence-corrected chi connectivity index (χ2v) is 5.51. The molecule has 5 heteroatoms. The number of fused-ring (bicyclic) bond motifs is 2. The molecule has 21 heavy (non-hydrogen) atoms. The van der Waals surface area contributed by atoms with Crippen molar-refractivity contribution in [3.05, 3.63) is 59.8 Å². The maximum absolute atomic E-state index is 12.5. The Bertz CT molecular complexity index is 902. The molecule has 0 aliphatic carbocycles. The van der Waals surface area contributed by atoms with Crippen LogP contribution in [0.5, 0.6) is 5.75 Å². The van der Waals surface area contributed by atoms with E-state index in [9.17, 15) is 9.90 Å². The number of hydrogen-bond acceptors (Lipinski definition) is 3. The molecule has 4 nitrogen and oxygen atoms in total. The van der Waals surface area contributed by atoms with Gasteiger partial charge in [-0.2, -0.15) is 0 Å². The number of benzene rings is 2. The Morgan fingerprint density at radius 2 is 1.76 bits per heavy atom. The third kappa shape index (κ3) is 1.61. The third-order valence-corrected chi connectivity index (χ3v) is 4.35.